The maximum Gasteiger partial charge on any atom is 0.323 e. The van der Waals surface area contributed by atoms with Crippen LogP contribution in [0.2, 0.25) is 0 Å². The number of cyclic esters (lactones) is 1. The van der Waals surface area contributed by atoms with Crippen LogP contribution in [-0.2, 0) is 9.53 Å². The Hall–Kier alpha value is -1.82. The third kappa shape index (κ3) is 2.88. The van der Waals surface area contributed by atoms with Crippen LogP contribution in [0.5, 0.6) is 0 Å². The second kappa shape index (κ2) is 6.12. The van der Waals surface area contributed by atoms with Crippen LogP contribution in [0.25, 0.3) is 0 Å². The smallest absolute Gasteiger partial charge is 0.323 e. The van der Waals surface area contributed by atoms with Gasteiger partial charge in [0.25, 0.3) is 0 Å². The van der Waals surface area contributed by atoms with Crippen molar-refractivity contribution in [3.63, 3.8) is 0 Å². The summed E-state index contributed by atoms with van der Waals surface area (Å²) in [5, 5.41) is 0. The molecule has 0 radical (unpaired) electrons. The van der Waals surface area contributed by atoms with Gasteiger partial charge in [0.2, 0.25) is 0 Å². The van der Waals surface area contributed by atoms with Gasteiger partial charge in [-0.2, -0.15) is 0 Å². The number of likely N-dealkylation sites (tertiary alicyclic amines) is 1. The van der Waals surface area contributed by atoms with Crippen molar-refractivity contribution in [3.8, 4) is 0 Å². The van der Waals surface area contributed by atoms with E-state index in [1.807, 2.05) is 4.90 Å². The van der Waals surface area contributed by atoms with E-state index in [2.05, 4.69) is 0 Å². The lowest BCUT2D eigenvalue weighted by atomic mass is 9.88. The summed E-state index contributed by atoms with van der Waals surface area (Å²) < 4.78 is 31.8. The van der Waals surface area contributed by atoms with Gasteiger partial charge in [-0.25, -0.2) is 8.78 Å². The quantitative estimate of drug-likeness (QED) is 0.634. The lowest BCUT2D eigenvalue weighted by molar-refractivity contribution is -0.142. The van der Waals surface area contributed by atoms with Crippen LogP contribution in [0.1, 0.15) is 29.6 Å². The number of ether oxygens (including phenoxy) is 1. The van der Waals surface area contributed by atoms with E-state index >= 15 is 0 Å². The Morgan fingerprint density at radius 2 is 1.91 bits per heavy atom. The number of rotatable bonds is 3. The number of carbonyl (C=O) groups excluding carboxylic acids is 2. The third-order valence-corrected chi connectivity index (χ3v) is 4.44. The van der Waals surface area contributed by atoms with Crippen molar-refractivity contribution in [1.82, 2.24) is 4.90 Å². The Morgan fingerprint density at radius 3 is 2.55 bits per heavy atom. The molecule has 2 fully saturated rings. The van der Waals surface area contributed by atoms with Crippen molar-refractivity contribution in [2.75, 3.05) is 19.7 Å². The maximum absolute atomic E-state index is 13.7. The van der Waals surface area contributed by atoms with E-state index < -0.39 is 11.6 Å². The zero-order valence-electron chi connectivity index (χ0n) is 12.1. The van der Waals surface area contributed by atoms with E-state index in [0.29, 0.717) is 39.0 Å². The predicted octanol–water partition coefficient (Wildman–Crippen LogP) is 2.17. The van der Waals surface area contributed by atoms with Crippen LogP contribution in [0.4, 0.5) is 8.78 Å². The number of esters is 1. The Balaban J connectivity index is 1.64. The number of nitrogens with zero attached hydrogens (tertiary/aromatic N) is 1. The van der Waals surface area contributed by atoms with E-state index in [1.165, 1.54) is 0 Å². The van der Waals surface area contributed by atoms with E-state index in [-0.39, 0.29) is 29.3 Å². The second-order valence-electron chi connectivity index (χ2n) is 5.77. The first-order chi connectivity index (χ1) is 10.6. The average Bonchev–Trinajstić information content (AvgIpc) is 2.95. The van der Waals surface area contributed by atoms with Crippen molar-refractivity contribution in [2.45, 2.75) is 25.3 Å². The molecule has 118 valence electrons. The molecular formula is C16H17F2NO3. The molecule has 2 heterocycles. The number of halogens is 2. The number of hydrogen-bond donors (Lipinski definition) is 0. The molecule has 0 amide bonds. The average molecular weight is 309 g/mol. The molecule has 1 aromatic rings. The molecule has 22 heavy (non-hydrogen) atoms. The normalized spacial score (nSPS) is 23.5. The molecule has 0 unspecified atom stereocenters. The molecule has 0 aromatic heterocycles. The highest BCUT2D eigenvalue weighted by atomic mass is 19.1. The van der Waals surface area contributed by atoms with Gasteiger partial charge in [0.15, 0.2) is 5.78 Å². The van der Waals surface area contributed by atoms with Gasteiger partial charge in [-0.15, -0.1) is 0 Å². The van der Waals surface area contributed by atoms with Gasteiger partial charge in [0, 0.05) is 12.3 Å². The van der Waals surface area contributed by atoms with Crippen molar-refractivity contribution >= 4 is 11.8 Å². The fourth-order valence-electron chi connectivity index (χ4n) is 3.20. The molecule has 4 nitrogen and oxygen atoms in total. The van der Waals surface area contributed by atoms with Crippen molar-refractivity contribution < 1.29 is 23.1 Å². The fourth-order valence-corrected chi connectivity index (χ4v) is 3.20. The number of hydrogen-bond acceptors (Lipinski definition) is 4. The molecule has 0 bridgehead atoms. The van der Waals surface area contributed by atoms with Gasteiger partial charge >= 0.3 is 5.97 Å². The number of Topliss-reactive ketones (excluding diaryl/α,β-unsaturated/α-hetero) is 1. The topological polar surface area (TPSA) is 46.6 Å². The minimum Gasteiger partial charge on any atom is -0.464 e. The van der Waals surface area contributed by atoms with Crippen LogP contribution < -0.4 is 0 Å². The molecule has 2 aliphatic heterocycles. The molecule has 1 aromatic carbocycles. The fraction of sp³-hybridized carbons (Fsp3) is 0.500. The largest absolute Gasteiger partial charge is 0.464 e. The summed E-state index contributed by atoms with van der Waals surface area (Å²) in [6.07, 6.45) is 1.76. The molecule has 6 heteroatoms. The molecule has 3 rings (SSSR count). The van der Waals surface area contributed by atoms with Gasteiger partial charge in [0.05, 0.1) is 12.2 Å². The summed E-state index contributed by atoms with van der Waals surface area (Å²) in [6, 6.07) is 2.72. The second-order valence-corrected chi connectivity index (χ2v) is 5.77. The van der Waals surface area contributed by atoms with E-state index in [4.69, 9.17) is 4.74 Å². The van der Waals surface area contributed by atoms with Gasteiger partial charge in [-0.05, 0) is 44.1 Å². The minimum absolute atomic E-state index is 0.182. The third-order valence-electron chi connectivity index (χ3n) is 4.44. The van der Waals surface area contributed by atoms with Crippen molar-refractivity contribution in [1.29, 1.82) is 0 Å². The van der Waals surface area contributed by atoms with Crippen LogP contribution in [0.15, 0.2) is 18.2 Å². The molecule has 0 N–H and O–H groups in total. The number of carbonyl (C=O) groups is 2. The van der Waals surface area contributed by atoms with Gasteiger partial charge < -0.3 is 4.74 Å². The SMILES string of the molecule is O=C(c1cc(F)ccc1F)C1CCN([C@@H]2CCOC2=O)CC1. The molecule has 1 atom stereocenters. The molecular weight excluding hydrogens is 292 g/mol. The van der Waals surface area contributed by atoms with E-state index in [9.17, 15) is 18.4 Å². The molecule has 0 saturated carbocycles. The summed E-state index contributed by atoms with van der Waals surface area (Å²) in [5.41, 5.74) is -0.182. The number of ketones is 1. The molecule has 0 aliphatic carbocycles. The van der Waals surface area contributed by atoms with Gasteiger partial charge in [-0.3, -0.25) is 14.5 Å². The Labute approximate surface area is 127 Å². The summed E-state index contributed by atoms with van der Waals surface area (Å²) in [6.45, 7) is 1.62. The molecule has 2 aliphatic rings. The highest BCUT2D eigenvalue weighted by Crippen LogP contribution is 2.26. The van der Waals surface area contributed by atoms with Crippen LogP contribution in [-0.4, -0.2) is 42.4 Å². The molecule has 0 spiro atoms. The number of piperidine rings is 1. The summed E-state index contributed by atoms with van der Waals surface area (Å²) in [5.74, 6) is -2.19. The van der Waals surface area contributed by atoms with E-state index in [0.717, 1.165) is 18.2 Å². The standard InChI is InChI=1S/C16H17F2NO3/c17-11-1-2-13(18)12(9-11)15(20)10-3-6-19(7-4-10)14-5-8-22-16(14)21/h1-2,9-10,14H,3-8H2/t14-/m1/s1. The lowest BCUT2D eigenvalue weighted by Crippen LogP contribution is -2.44. The first-order valence-corrected chi connectivity index (χ1v) is 7.46. The maximum atomic E-state index is 13.7. The summed E-state index contributed by atoms with van der Waals surface area (Å²) >= 11 is 0. The van der Waals surface area contributed by atoms with Gasteiger partial charge in [-0.1, -0.05) is 0 Å². The first kappa shape index (κ1) is 15.1. The Morgan fingerprint density at radius 1 is 1.18 bits per heavy atom. The van der Waals surface area contributed by atoms with Crippen molar-refractivity contribution in [3.05, 3.63) is 35.4 Å². The number of benzene rings is 1. The summed E-state index contributed by atoms with van der Waals surface area (Å²) in [7, 11) is 0. The Bertz CT molecular complexity index is 597. The zero-order chi connectivity index (χ0) is 15.7. The first-order valence-electron chi connectivity index (χ1n) is 7.46. The van der Waals surface area contributed by atoms with E-state index in [1.54, 1.807) is 0 Å². The van der Waals surface area contributed by atoms with Crippen LogP contribution >= 0.6 is 0 Å². The monoisotopic (exact) mass is 309 g/mol. The van der Waals surface area contributed by atoms with Gasteiger partial charge in [0.1, 0.15) is 17.7 Å². The minimum atomic E-state index is -0.687. The lowest BCUT2D eigenvalue weighted by Gasteiger charge is -2.33. The Kier molecular flexibility index (Phi) is 4.20. The van der Waals surface area contributed by atoms with Crippen molar-refractivity contribution in [2.24, 2.45) is 5.92 Å². The predicted molar refractivity (Wildman–Crippen MR) is 74.3 cm³/mol. The van der Waals surface area contributed by atoms with Crippen LogP contribution in [0, 0.1) is 17.6 Å². The summed E-state index contributed by atoms with van der Waals surface area (Å²) in [4.78, 5) is 25.9. The van der Waals surface area contributed by atoms with Crippen LogP contribution in [0.3, 0.4) is 0 Å². The highest BCUT2D eigenvalue weighted by Gasteiger charge is 2.36. The molecule has 2 saturated heterocycles. The highest BCUT2D eigenvalue weighted by molar-refractivity contribution is 5.98. The zero-order valence-corrected chi connectivity index (χ0v) is 12.1.